The van der Waals surface area contributed by atoms with Gasteiger partial charge < -0.3 is 14.8 Å². The molecule has 0 fully saturated rings. The minimum absolute atomic E-state index is 0.185. The zero-order valence-corrected chi connectivity index (χ0v) is 19.6. The van der Waals surface area contributed by atoms with Crippen molar-refractivity contribution in [3.8, 4) is 17.2 Å². The Balaban J connectivity index is 1.31. The lowest BCUT2D eigenvalue weighted by molar-refractivity contribution is 0.0976. The summed E-state index contributed by atoms with van der Waals surface area (Å²) in [5.74, 6) is 0.836. The SMILES string of the molecule is CCc1ccc(-n2nc3cc(C)c(NC(=S)NC(=O)c4ccc5c(c4)OCCO5)cc3n2)cc1. The Morgan fingerprint density at radius 1 is 1.00 bits per heavy atom. The third-order valence-corrected chi connectivity index (χ3v) is 5.79. The first-order chi connectivity index (χ1) is 16.5. The maximum Gasteiger partial charge on any atom is 0.257 e. The molecule has 2 heterocycles. The minimum atomic E-state index is -0.338. The number of ether oxygens (including phenoxy) is 2. The second-order valence-corrected chi connectivity index (χ2v) is 8.34. The number of carbonyl (C=O) groups excluding carboxylic acids is 1. The summed E-state index contributed by atoms with van der Waals surface area (Å²) >= 11 is 5.38. The van der Waals surface area contributed by atoms with Gasteiger partial charge in [-0.3, -0.25) is 10.1 Å². The van der Waals surface area contributed by atoms with Gasteiger partial charge in [-0.1, -0.05) is 19.1 Å². The molecule has 1 amide bonds. The molecule has 0 aliphatic carbocycles. The molecule has 4 aromatic rings. The normalized spacial score (nSPS) is 12.4. The molecule has 34 heavy (non-hydrogen) atoms. The van der Waals surface area contributed by atoms with E-state index in [-0.39, 0.29) is 11.0 Å². The first-order valence-electron chi connectivity index (χ1n) is 11.0. The van der Waals surface area contributed by atoms with Crippen molar-refractivity contribution >= 4 is 40.0 Å². The van der Waals surface area contributed by atoms with Crippen LogP contribution in [0.15, 0.2) is 54.6 Å². The predicted molar refractivity (Wildman–Crippen MR) is 134 cm³/mol. The van der Waals surface area contributed by atoms with Crippen molar-refractivity contribution in [1.29, 1.82) is 0 Å². The van der Waals surface area contributed by atoms with Crippen LogP contribution in [0.3, 0.4) is 0 Å². The number of carbonyl (C=O) groups is 1. The molecule has 0 radical (unpaired) electrons. The summed E-state index contributed by atoms with van der Waals surface area (Å²) in [4.78, 5) is 14.3. The molecule has 8 nitrogen and oxygen atoms in total. The molecule has 1 aliphatic rings. The number of aryl methyl sites for hydroxylation is 2. The number of hydrogen-bond donors (Lipinski definition) is 2. The fourth-order valence-electron chi connectivity index (χ4n) is 3.70. The van der Waals surface area contributed by atoms with Gasteiger partial charge in [0, 0.05) is 11.3 Å². The fourth-order valence-corrected chi connectivity index (χ4v) is 3.90. The van der Waals surface area contributed by atoms with E-state index < -0.39 is 0 Å². The van der Waals surface area contributed by atoms with E-state index in [0.29, 0.717) is 35.8 Å². The van der Waals surface area contributed by atoms with Crippen LogP contribution in [0.1, 0.15) is 28.4 Å². The Kier molecular flexibility index (Phi) is 5.85. The van der Waals surface area contributed by atoms with Gasteiger partial charge in [0.2, 0.25) is 0 Å². The summed E-state index contributed by atoms with van der Waals surface area (Å²) in [5, 5.41) is 15.2. The Morgan fingerprint density at radius 2 is 1.71 bits per heavy atom. The third-order valence-electron chi connectivity index (χ3n) is 5.58. The van der Waals surface area contributed by atoms with Crippen molar-refractivity contribution in [3.05, 3.63) is 71.3 Å². The quantitative estimate of drug-likeness (QED) is 0.430. The van der Waals surface area contributed by atoms with Gasteiger partial charge in [-0.2, -0.15) is 4.80 Å². The molecule has 1 aliphatic heterocycles. The fraction of sp³-hybridized carbons (Fsp3) is 0.200. The standard InChI is InChI=1S/C25H23N5O3S/c1-3-16-4-7-18(8-5-16)30-28-20-12-15(2)19(14-21(20)29-30)26-25(34)27-24(31)17-6-9-22-23(13-17)33-11-10-32-22/h4-9,12-14H,3,10-11H2,1-2H3,(H2,26,27,31,34). The number of nitrogens with zero attached hydrogens (tertiary/aromatic N) is 3. The second kappa shape index (κ2) is 9.11. The highest BCUT2D eigenvalue weighted by molar-refractivity contribution is 7.80. The zero-order valence-electron chi connectivity index (χ0n) is 18.8. The van der Waals surface area contributed by atoms with Crippen molar-refractivity contribution in [2.45, 2.75) is 20.3 Å². The minimum Gasteiger partial charge on any atom is -0.486 e. The van der Waals surface area contributed by atoms with E-state index in [4.69, 9.17) is 21.7 Å². The molecule has 172 valence electrons. The predicted octanol–water partition coefficient (Wildman–Crippen LogP) is 4.19. The molecule has 0 atom stereocenters. The molecule has 0 bridgehead atoms. The first kappa shape index (κ1) is 21.8. The summed E-state index contributed by atoms with van der Waals surface area (Å²) in [7, 11) is 0. The zero-order chi connectivity index (χ0) is 23.7. The number of fused-ring (bicyclic) bond motifs is 2. The van der Waals surface area contributed by atoms with Gasteiger partial charge in [-0.25, -0.2) is 0 Å². The van der Waals surface area contributed by atoms with Gasteiger partial charge in [-0.15, -0.1) is 10.2 Å². The van der Waals surface area contributed by atoms with Gasteiger partial charge in [0.1, 0.15) is 24.2 Å². The number of aromatic nitrogens is 3. The summed E-state index contributed by atoms with van der Waals surface area (Å²) in [6.45, 7) is 5.02. The van der Waals surface area contributed by atoms with Gasteiger partial charge >= 0.3 is 0 Å². The van der Waals surface area contributed by atoms with Crippen LogP contribution in [0.25, 0.3) is 16.7 Å². The van der Waals surface area contributed by atoms with E-state index in [2.05, 4.69) is 39.9 Å². The Hall–Kier alpha value is -3.98. The maximum absolute atomic E-state index is 12.7. The highest BCUT2D eigenvalue weighted by atomic mass is 32.1. The van der Waals surface area contributed by atoms with Crippen molar-refractivity contribution in [1.82, 2.24) is 20.3 Å². The highest BCUT2D eigenvalue weighted by Gasteiger charge is 2.16. The smallest absolute Gasteiger partial charge is 0.257 e. The molecule has 5 rings (SSSR count). The Labute approximate surface area is 201 Å². The number of amides is 1. The molecule has 0 saturated heterocycles. The Bertz CT molecular complexity index is 1400. The number of nitrogens with one attached hydrogen (secondary N) is 2. The van der Waals surface area contributed by atoms with Crippen molar-refractivity contribution in [3.63, 3.8) is 0 Å². The van der Waals surface area contributed by atoms with Gasteiger partial charge in [0.05, 0.1) is 5.69 Å². The van der Waals surface area contributed by atoms with Gasteiger partial charge in [0.25, 0.3) is 5.91 Å². The lowest BCUT2D eigenvalue weighted by atomic mass is 10.1. The maximum atomic E-state index is 12.7. The summed E-state index contributed by atoms with van der Waals surface area (Å²) in [5.41, 5.74) is 5.74. The van der Waals surface area contributed by atoms with E-state index >= 15 is 0 Å². The summed E-state index contributed by atoms with van der Waals surface area (Å²) in [6.07, 6.45) is 0.980. The van der Waals surface area contributed by atoms with Crippen LogP contribution in [-0.4, -0.2) is 39.2 Å². The van der Waals surface area contributed by atoms with Crippen LogP contribution >= 0.6 is 12.2 Å². The van der Waals surface area contributed by atoms with Crippen LogP contribution in [0, 0.1) is 6.92 Å². The van der Waals surface area contributed by atoms with E-state index in [1.54, 1.807) is 23.0 Å². The van der Waals surface area contributed by atoms with E-state index in [1.165, 1.54) is 5.56 Å². The molecule has 0 spiro atoms. The molecule has 9 heteroatoms. The topological polar surface area (TPSA) is 90.3 Å². The van der Waals surface area contributed by atoms with E-state index in [9.17, 15) is 4.79 Å². The molecular weight excluding hydrogens is 450 g/mol. The van der Waals surface area contributed by atoms with Crippen molar-refractivity contribution in [2.75, 3.05) is 18.5 Å². The summed E-state index contributed by atoms with van der Waals surface area (Å²) < 4.78 is 11.0. The average molecular weight is 474 g/mol. The van der Waals surface area contributed by atoms with E-state index in [1.807, 2.05) is 31.2 Å². The Morgan fingerprint density at radius 3 is 2.44 bits per heavy atom. The molecular formula is C25H23N5O3S. The molecule has 3 aromatic carbocycles. The van der Waals surface area contributed by atoms with E-state index in [0.717, 1.165) is 28.9 Å². The molecule has 0 unspecified atom stereocenters. The molecule has 1 aromatic heterocycles. The van der Waals surface area contributed by atoms with Crippen LogP contribution in [0.5, 0.6) is 11.5 Å². The lowest BCUT2D eigenvalue weighted by Gasteiger charge is -2.18. The number of rotatable bonds is 4. The highest BCUT2D eigenvalue weighted by Crippen LogP contribution is 2.30. The van der Waals surface area contributed by atoms with Crippen LogP contribution in [-0.2, 0) is 6.42 Å². The van der Waals surface area contributed by atoms with Crippen molar-refractivity contribution < 1.29 is 14.3 Å². The number of hydrogen-bond acceptors (Lipinski definition) is 6. The number of anilines is 1. The number of benzene rings is 3. The van der Waals surface area contributed by atoms with Gasteiger partial charge in [-0.05, 0) is 79.2 Å². The third kappa shape index (κ3) is 4.42. The lowest BCUT2D eigenvalue weighted by Crippen LogP contribution is -2.34. The van der Waals surface area contributed by atoms with Crippen LogP contribution < -0.4 is 20.1 Å². The van der Waals surface area contributed by atoms with Crippen LogP contribution in [0.2, 0.25) is 0 Å². The average Bonchev–Trinajstić information content (AvgIpc) is 3.26. The molecule has 0 saturated carbocycles. The second-order valence-electron chi connectivity index (χ2n) is 7.93. The van der Waals surface area contributed by atoms with Crippen LogP contribution in [0.4, 0.5) is 5.69 Å². The number of thiocarbonyl (C=S) groups is 1. The molecule has 2 N–H and O–H groups in total. The summed E-state index contributed by atoms with van der Waals surface area (Å²) in [6, 6.07) is 17.0. The van der Waals surface area contributed by atoms with Gasteiger partial charge in [0.15, 0.2) is 16.6 Å². The van der Waals surface area contributed by atoms with Crippen molar-refractivity contribution in [2.24, 2.45) is 0 Å². The first-order valence-corrected chi connectivity index (χ1v) is 11.4. The monoisotopic (exact) mass is 473 g/mol. The largest absolute Gasteiger partial charge is 0.486 e.